The quantitative estimate of drug-likeness (QED) is 0.278. The minimum absolute atomic E-state index is 0.0307. The third kappa shape index (κ3) is 7.89. The first-order valence-corrected chi connectivity index (χ1v) is 14.8. The lowest BCUT2D eigenvalue weighted by atomic mass is 9.99. The number of hydrogen-bond acceptors (Lipinski definition) is 8. The van der Waals surface area contributed by atoms with E-state index in [1.807, 2.05) is 32.0 Å². The minimum atomic E-state index is -3.75. The Morgan fingerprint density at radius 1 is 1.17 bits per heavy atom. The molecule has 0 spiro atoms. The molecule has 0 saturated carbocycles. The van der Waals surface area contributed by atoms with Gasteiger partial charge in [-0.2, -0.15) is 0 Å². The van der Waals surface area contributed by atoms with Gasteiger partial charge in [-0.25, -0.2) is 17.9 Å². The highest BCUT2D eigenvalue weighted by Gasteiger charge is 2.38. The Morgan fingerprint density at radius 2 is 1.93 bits per heavy atom. The van der Waals surface area contributed by atoms with E-state index in [0.717, 1.165) is 18.2 Å². The Hall–Kier alpha value is -4.30. The normalized spacial score (nSPS) is 17.7. The molecular weight excluding hydrogens is 552 g/mol. The van der Waals surface area contributed by atoms with Crippen molar-refractivity contribution in [2.24, 2.45) is 5.92 Å². The molecule has 0 bridgehead atoms. The van der Waals surface area contributed by atoms with Gasteiger partial charge in [-0.15, -0.1) is 0 Å². The van der Waals surface area contributed by atoms with Crippen LogP contribution in [0, 0.1) is 12.8 Å². The smallest absolute Gasteiger partial charge is 0.323 e. The van der Waals surface area contributed by atoms with Gasteiger partial charge in [-0.05, 0) is 43.0 Å². The van der Waals surface area contributed by atoms with Crippen LogP contribution >= 0.6 is 0 Å². The van der Waals surface area contributed by atoms with Crippen molar-refractivity contribution in [3.63, 3.8) is 0 Å². The van der Waals surface area contributed by atoms with Crippen LogP contribution in [0.4, 0.5) is 16.2 Å². The SMILES string of the molecule is Cc1ccccc1NC(=O)Nc1ccc(CC(=O)N2CCC(C)C2c2cc(CC(NS(C)(=O)=O)C(=O)O)on2)nc1. The number of carboxylic acids is 1. The molecule has 4 rings (SSSR count). The Bertz CT molecular complexity index is 1520. The third-order valence-corrected chi connectivity index (χ3v) is 7.48. The van der Waals surface area contributed by atoms with Gasteiger partial charge in [0.1, 0.15) is 17.5 Å². The monoisotopic (exact) mass is 584 g/mol. The van der Waals surface area contributed by atoms with Crippen LogP contribution in [-0.4, -0.2) is 65.3 Å². The fraction of sp³-hybridized carbons (Fsp3) is 0.370. The fourth-order valence-electron chi connectivity index (χ4n) is 4.74. The van der Waals surface area contributed by atoms with Crippen molar-refractivity contribution in [2.45, 2.75) is 45.2 Å². The summed E-state index contributed by atoms with van der Waals surface area (Å²) >= 11 is 0. The van der Waals surface area contributed by atoms with Crippen LogP contribution in [0.15, 0.2) is 53.2 Å². The van der Waals surface area contributed by atoms with Crippen molar-refractivity contribution >= 4 is 39.3 Å². The van der Waals surface area contributed by atoms with Gasteiger partial charge in [0, 0.05) is 30.4 Å². The number of anilines is 2. The lowest BCUT2D eigenvalue weighted by Crippen LogP contribution is -2.41. The second-order valence-electron chi connectivity index (χ2n) is 10.1. The number of likely N-dealkylation sites (tertiary alicyclic amines) is 1. The number of carbonyl (C=O) groups excluding carboxylic acids is 2. The number of rotatable bonds is 10. The van der Waals surface area contributed by atoms with Crippen molar-refractivity contribution in [2.75, 3.05) is 23.4 Å². The molecule has 1 aliphatic heterocycles. The number of carboxylic acid groups (broad SMARTS) is 1. The summed E-state index contributed by atoms with van der Waals surface area (Å²) in [5, 5.41) is 18.9. The molecule has 41 heavy (non-hydrogen) atoms. The highest BCUT2D eigenvalue weighted by molar-refractivity contribution is 7.88. The summed E-state index contributed by atoms with van der Waals surface area (Å²) in [4.78, 5) is 43.1. The van der Waals surface area contributed by atoms with E-state index >= 15 is 0 Å². The highest BCUT2D eigenvalue weighted by atomic mass is 32.2. The van der Waals surface area contributed by atoms with Crippen molar-refractivity contribution in [1.29, 1.82) is 0 Å². The molecule has 3 atom stereocenters. The Balaban J connectivity index is 1.37. The van der Waals surface area contributed by atoms with Crippen molar-refractivity contribution < 1.29 is 32.4 Å². The number of benzene rings is 1. The number of carbonyl (C=O) groups is 3. The van der Waals surface area contributed by atoms with E-state index in [1.54, 1.807) is 29.2 Å². The summed E-state index contributed by atoms with van der Waals surface area (Å²) < 4.78 is 30.4. The molecule has 1 aliphatic rings. The number of hydrogen-bond donors (Lipinski definition) is 4. The summed E-state index contributed by atoms with van der Waals surface area (Å²) in [6, 6.07) is 10.1. The Kier molecular flexibility index (Phi) is 9.03. The highest BCUT2D eigenvalue weighted by Crippen LogP contribution is 2.37. The zero-order chi connectivity index (χ0) is 29.7. The van der Waals surface area contributed by atoms with Crippen LogP contribution in [0.25, 0.3) is 0 Å². The molecule has 1 fully saturated rings. The van der Waals surface area contributed by atoms with Crippen molar-refractivity contribution in [3.8, 4) is 0 Å². The van der Waals surface area contributed by atoms with Gasteiger partial charge >= 0.3 is 12.0 Å². The molecular formula is C27H32N6O7S. The second kappa shape index (κ2) is 12.5. The van der Waals surface area contributed by atoms with E-state index in [1.165, 1.54) is 6.20 Å². The maximum atomic E-state index is 13.3. The standard InChI is InChI=1S/C27H32N6O7S/c1-16-6-4-5-7-21(16)30-27(37)29-19-9-8-18(28-15-19)12-24(34)33-11-10-17(2)25(33)22-13-20(40-31-22)14-23(26(35)36)32-41(3,38)39/h4-9,13,15,17,23,25,32H,10-12,14H2,1-3H3,(H,35,36)(H2,29,30,37). The van der Waals surface area contributed by atoms with Crippen molar-refractivity contribution in [1.82, 2.24) is 19.8 Å². The Labute approximate surface area is 237 Å². The van der Waals surface area contributed by atoms with Gasteiger partial charge in [0.05, 0.1) is 30.6 Å². The zero-order valence-corrected chi connectivity index (χ0v) is 23.6. The molecule has 13 nitrogen and oxygen atoms in total. The summed E-state index contributed by atoms with van der Waals surface area (Å²) in [5.41, 5.74) is 3.09. The van der Waals surface area contributed by atoms with E-state index in [-0.39, 0.29) is 30.4 Å². The van der Waals surface area contributed by atoms with Crippen LogP contribution in [0.3, 0.4) is 0 Å². The van der Waals surface area contributed by atoms with E-state index < -0.39 is 34.1 Å². The number of nitrogens with zero attached hydrogens (tertiary/aromatic N) is 3. The number of sulfonamides is 1. The number of nitrogens with one attached hydrogen (secondary N) is 3. The molecule has 14 heteroatoms. The maximum Gasteiger partial charge on any atom is 0.323 e. The van der Waals surface area contributed by atoms with Crippen LogP contribution in [0.5, 0.6) is 0 Å². The predicted octanol–water partition coefficient (Wildman–Crippen LogP) is 2.72. The number of urea groups is 1. The molecule has 1 saturated heterocycles. The summed E-state index contributed by atoms with van der Waals surface area (Å²) in [6.07, 6.45) is 2.89. The zero-order valence-electron chi connectivity index (χ0n) is 22.8. The molecule has 2 aromatic heterocycles. The average Bonchev–Trinajstić information content (AvgIpc) is 3.51. The van der Waals surface area contributed by atoms with Gasteiger partial charge in [0.2, 0.25) is 15.9 Å². The lowest BCUT2D eigenvalue weighted by molar-refractivity contribution is -0.139. The number of para-hydroxylation sites is 1. The van der Waals surface area contributed by atoms with Gasteiger partial charge in [0.15, 0.2) is 0 Å². The molecule has 3 heterocycles. The van der Waals surface area contributed by atoms with E-state index in [2.05, 4.69) is 25.5 Å². The second-order valence-corrected chi connectivity index (χ2v) is 11.9. The number of aromatic nitrogens is 2. The predicted molar refractivity (Wildman–Crippen MR) is 150 cm³/mol. The van der Waals surface area contributed by atoms with E-state index in [4.69, 9.17) is 4.52 Å². The minimum Gasteiger partial charge on any atom is -0.480 e. The Morgan fingerprint density at radius 3 is 2.59 bits per heavy atom. The molecule has 3 amide bonds. The largest absolute Gasteiger partial charge is 0.480 e. The van der Waals surface area contributed by atoms with Gasteiger partial charge in [0.25, 0.3) is 0 Å². The third-order valence-electron chi connectivity index (χ3n) is 6.77. The first-order valence-electron chi connectivity index (χ1n) is 12.9. The molecule has 3 unspecified atom stereocenters. The van der Waals surface area contributed by atoms with Crippen molar-refractivity contribution in [3.05, 3.63) is 71.4 Å². The van der Waals surface area contributed by atoms with Crippen LogP contribution in [-0.2, 0) is 32.5 Å². The summed E-state index contributed by atoms with van der Waals surface area (Å²) in [6.45, 7) is 4.38. The molecule has 1 aromatic carbocycles. The summed E-state index contributed by atoms with van der Waals surface area (Å²) in [7, 11) is -3.75. The average molecular weight is 585 g/mol. The number of pyridine rings is 1. The molecule has 4 N–H and O–H groups in total. The molecule has 0 aliphatic carbocycles. The topological polar surface area (TPSA) is 184 Å². The molecule has 0 radical (unpaired) electrons. The molecule has 218 valence electrons. The first kappa shape index (κ1) is 29.7. The van der Waals surface area contributed by atoms with Gasteiger partial charge < -0.3 is 25.2 Å². The number of aliphatic carboxylic acids is 1. The van der Waals surface area contributed by atoms with Crippen LogP contribution < -0.4 is 15.4 Å². The maximum absolute atomic E-state index is 13.3. The first-order chi connectivity index (χ1) is 19.4. The van der Waals surface area contributed by atoms with Gasteiger partial charge in [-0.3, -0.25) is 14.6 Å². The van der Waals surface area contributed by atoms with Crippen LogP contribution in [0.1, 0.15) is 42.1 Å². The van der Waals surface area contributed by atoms with E-state index in [9.17, 15) is 27.9 Å². The molecule has 3 aromatic rings. The number of aryl methyl sites for hydroxylation is 1. The number of amides is 3. The van der Waals surface area contributed by atoms with Gasteiger partial charge in [-0.1, -0.05) is 30.3 Å². The lowest BCUT2D eigenvalue weighted by Gasteiger charge is -2.25. The van der Waals surface area contributed by atoms with Crippen LogP contribution in [0.2, 0.25) is 0 Å². The summed E-state index contributed by atoms with van der Waals surface area (Å²) in [5.74, 6) is -1.27. The fourth-order valence-corrected chi connectivity index (χ4v) is 5.44. The van der Waals surface area contributed by atoms with E-state index in [0.29, 0.717) is 29.3 Å².